The third-order valence-electron chi connectivity index (χ3n) is 3.00. The highest BCUT2D eigenvalue weighted by Crippen LogP contribution is 2.17. The van der Waals surface area contributed by atoms with Crippen molar-refractivity contribution in [3.63, 3.8) is 0 Å². The summed E-state index contributed by atoms with van der Waals surface area (Å²) < 4.78 is 0. The van der Waals surface area contributed by atoms with Gasteiger partial charge in [-0.15, -0.1) is 0 Å². The fourth-order valence-electron chi connectivity index (χ4n) is 1.61. The summed E-state index contributed by atoms with van der Waals surface area (Å²) in [7, 11) is 0. The first-order valence-corrected chi connectivity index (χ1v) is 6.58. The van der Waals surface area contributed by atoms with Crippen LogP contribution in [0.1, 0.15) is 38.8 Å². The summed E-state index contributed by atoms with van der Waals surface area (Å²) in [5.41, 5.74) is 6.87. The number of rotatable bonds is 5. The van der Waals surface area contributed by atoms with Crippen LogP contribution < -0.4 is 11.1 Å². The molecule has 3 nitrogen and oxygen atoms in total. The molecule has 1 amide bonds. The molecule has 0 aliphatic carbocycles. The van der Waals surface area contributed by atoms with Gasteiger partial charge in [-0.2, -0.15) is 0 Å². The molecule has 1 rings (SSSR count). The van der Waals surface area contributed by atoms with E-state index >= 15 is 0 Å². The van der Waals surface area contributed by atoms with E-state index in [4.69, 9.17) is 17.3 Å². The molecule has 1 aromatic rings. The van der Waals surface area contributed by atoms with Crippen molar-refractivity contribution in [3.8, 4) is 0 Å². The molecule has 100 valence electrons. The van der Waals surface area contributed by atoms with E-state index in [1.165, 1.54) is 0 Å². The predicted molar refractivity (Wildman–Crippen MR) is 75.4 cm³/mol. The SMILES string of the molecule is CC(C)C(N)CC(=O)N[C@@H](C)c1cccc(Cl)c1. The van der Waals surface area contributed by atoms with Gasteiger partial charge in [0.2, 0.25) is 5.91 Å². The van der Waals surface area contributed by atoms with E-state index in [-0.39, 0.29) is 18.0 Å². The monoisotopic (exact) mass is 268 g/mol. The normalized spacial score (nSPS) is 14.3. The summed E-state index contributed by atoms with van der Waals surface area (Å²) in [6, 6.07) is 7.33. The Labute approximate surface area is 114 Å². The second kappa shape index (κ2) is 6.76. The Bertz CT molecular complexity index is 407. The molecule has 4 heteroatoms. The lowest BCUT2D eigenvalue weighted by Crippen LogP contribution is -2.35. The van der Waals surface area contributed by atoms with Crippen molar-refractivity contribution in [3.05, 3.63) is 34.9 Å². The number of nitrogens with one attached hydrogen (secondary N) is 1. The molecule has 0 bridgehead atoms. The van der Waals surface area contributed by atoms with Gasteiger partial charge in [0.15, 0.2) is 0 Å². The van der Waals surface area contributed by atoms with Crippen LogP contribution in [0.4, 0.5) is 0 Å². The van der Waals surface area contributed by atoms with E-state index in [1.807, 2.05) is 45.0 Å². The molecule has 0 saturated carbocycles. The molecular formula is C14H21ClN2O. The zero-order valence-corrected chi connectivity index (χ0v) is 11.9. The van der Waals surface area contributed by atoms with Gasteiger partial charge in [-0.05, 0) is 30.5 Å². The lowest BCUT2D eigenvalue weighted by molar-refractivity contribution is -0.122. The Morgan fingerprint density at radius 1 is 1.39 bits per heavy atom. The minimum atomic E-state index is -0.100. The average molecular weight is 269 g/mol. The minimum Gasteiger partial charge on any atom is -0.350 e. The summed E-state index contributed by atoms with van der Waals surface area (Å²) in [6.07, 6.45) is 0.350. The van der Waals surface area contributed by atoms with E-state index in [9.17, 15) is 4.79 Å². The van der Waals surface area contributed by atoms with Gasteiger partial charge < -0.3 is 11.1 Å². The number of amides is 1. The number of hydrogen-bond donors (Lipinski definition) is 2. The maximum Gasteiger partial charge on any atom is 0.222 e. The highest BCUT2D eigenvalue weighted by molar-refractivity contribution is 6.30. The van der Waals surface area contributed by atoms with Gasteiger partial charge in [0.25, 0.3) is 0 Å². The summed E-state index contributed by atoms with van der Waals surface area (Å²) >= 11 is 5.92. The van der Waals surface area contributed by atoms with Crippen LogP contribution in [0.5, 0.6) is 0 Å². The van der Waals surface area contributed by atoms with Crippen molar-refractivity contribution >= 4 is 17.5 Å². The average Bonchev–Trinajstić information content (AvgIpc) is 2.28. The number of halogens is 1. The Balaban J connectivity index is 2.54. The van der Waals surface area contributed by atoms with Crippen molar-refractivity contribution in [2.75, 3.05) is 0 Å². The van der Waals surface area contributed by atoms with Crippen molar-refractivity contribution < 1.29 is 4.79 Å². The molecule has 0 radical (unpaired) electrons. The fraction of sp³-hybridized carbons (Fsp3) is 0.500. The summed E-state index contributed by atoms with van der Waals surface area (Å²) in [4.78, 5) is 11.8. The van der Waals surface area contributed by atoms with Crippen LogP contribution in [0.2, 0.25) is 5.02 Å². The van der Waals surface area contributed by atoms with Gasteiger partial charge >= 0.3 is 0 Å². The molecule has 18 heavy (non-hydrogen) atoms. The van der Waals surface area contributed by atoms with Crippen molar-refractivity contribution in [2.24, 2.45) is 11.7 Å². The lowest BCUT2D eigenvalue weighted by atomic mass is 10.0. The predicted octanol–water partition coefficient (Wildman–Crippen LogP) is 2.89. The number of benzene rings is 1. The van der Waals surface area contributed by atoms with Crippen LogP contribution in [0.3, 0.4) is 0 Å². The van der Waals surface area contributed by atoms with Crippen molar-refractivity contribution in [1.29, 1.82) is 0 Å². The van der Waals surface area contributed by atoms with E-state index in [2.05, 4.69) is 5.32 Å². The number of carbonyl (C=O) groups is 1. The lowest BCUT2D eigenvalue weighted by Gasteiger charge is -2.18. The second-order valence-electron chi connectivity index (χ2n) is 4.96. The third-order valence-corrected chi connectivity index (χ3v) is 3.24. The Hall–Kier alpha value is -1.06. The van der Waals surface area contributed by atoms with Crippen LogP contribution in [0.15, 0.2) is 24.3 Å². The van der Waals surface area contributed by atoms with Crippen LogP contribution >= 0.6 is 11.6 Å². The molecule has 1 unspecified atom stereocenters. The van der Waals surface area contributed by atoms with Crippen LogP contribution in [0.25, 0.3) is 0 Å². The molecule has 0 aliphatic heterocycles. The first-order valence-electron chi connectivity index (χ1n) is 6.20. The molecule has 3 N–H and O–H groups in total. The van der Waals surface area contributed by atoms with Gasteiger partial charge in [-0.25, -0.2) is 0 Å². The first-order chi connectivity index (χ1) is 8.40. The third kappa shape index (κ3) is 4.67. The maximum atomic E-state index is 11.8. The first kappa shape index (κ1) is 15.0. The second-order valence-corrected chi connectivity index (χ2v) is 5.39. The van der Waals surface area contributed by atoms with Crippen LogP contribution in [-0.2, 0) is 4.79 Å². The van der Waals surface area contributed by atoms with E-state index in [0.29, 0.717) is 17.4 Å². The van der Waals surface area contributed by atoms with Gasteiger partial charge in [0.05, 0.1) is 6.04 Å². The molecular weight excluding hydrogens is 248 g/mol. The quantitative estimate of drug-likeness (QED) is 0.863. The molecule has 0 aliphatic rings. The van der Waals surface area contributed by atoms with E-state index < -0.39 is 0 Å². The molecule has 0 heterocycles. The summed E-state index contributed by atoms with van der Waals surface area (Å²) in [5.74, 6) is 0.279. The smallest absolute Gasteiger partial charge is 0.222 e. The van der Waals surface area contributed by atoms with Crippen LogP contribution in [0, 0.1) is 5.92 Å². The van der Waals surface area contributed by atoms with Gasteiger partial charge in [0, 0.05) is 17.5 Å². The highest BCUT2D eigenvalue weighted by Gasteiger charge is 2.15. The topological polar surface area (TPSA) is 55.1 Å². The van der Waals surface area contributed by atoms with Crippen molar-refractivity contribution in [1.82, 2.24) is 5.32 Å². The Morgan fingerprint density at radius 2 is 2.06 bits per heavy atom. The highest BCUT2D eigenvalue weighted by atomic mass is 35.5. The number of nitrogens with two attached hydrogens (primary N) is 1. The molecule has 0 saturated heterocycles. The van der Waals surface area contributed by atoms with Gasteiger partial charge in [-0.1, -0.05) is 37.6 Å². The fourth-order valence-corrected chi connectivity index (χ4v) is 1.81. The van der Waals surface area contributed by atoms with Gasteiger partial charge in [0.1, 0.15) is 0 Å². The Morgan fingerprint density at radius 3 is 2.61 bits per heavy atom. The molecule has 0 fully saturated rings. The zero-order chi connectivity index (χ0) is 13.7. The molecule has 2 atom stereocenters. The molecule has 0 spiro atoms. The maximum absolute atomic E-state index is 11.8. The number of carbonyl (C=O) groups excluding carboxylic acids is 1. The van der Waals surface area contributed by atoms with Crippen LogP contribution in [-0.4, -0.2) is 11.9 Å². The largest absolute Gasteiger partial charge is 0.350 e. The molecule has 1 aromatic carbocycles. The Kier molecular flexibility index (Phi) is 5.63. The summed E-state index contributed by atoms with van der Waals surface area (Å²) in [6.45, 7) is 5.96. The molecule has 0 aromatic heterocycles. The minimum absolute atomic E-state index is 0.0244. The number of hydrogen-bond acceptors (Lipinski definition) is 2. The van der Waals surface area contributed by atoms with Crippen molar-refractivity contribution in [2.45, 2.75) is 39.3 Å². The van der Waals surface area contributed by atoms with E-state index in [1.54, 1.807) is 0 Å². The van der Waals surface area contributed by atoms with E-state index in [0.717, 1.165) is 5.56 Å². The van der Waals surface area contributed by atoms with Gasteiger partial charge in [-0.3, -0.25) is 4.79 Å². The summed E-state index contributed by atoms with van der Waals surface area (Å²) in [5, 5.41) is 3.61. The zero-order valence-electron chi connectivity index (χ0n) is 11.1. The standard InChI is InChI=1S/C14H21ClN2O/c1-9(2)13(16)8-14(18)17-10(3)11-5-4-6-12(15)7-11/h4-7,9-10,13H,8,16H2,1-3H3,(H,17,18)/t10-,13?/m0/s1.